The summed E-state index contributed by atoms with van der Waals surface area (Å²) in [5.41, 5.74) is 8.71. The van der Waals surface area contributed by atoms with Gasteiger partial charge in [0.05, 0.1) is 0 Å². The highest BCUT2D eigenvalue weighted by Crippen LogP contribution is 2.25. The molecule has 2 rings (SSSR count). The highest BCUT2D eigenvalue weighted by Gasteiger charge is 2.10. The maximum atomic E-state index is 13.6. The van der Waals surface area contributed by atoms with E-state index in [1.165, 1.54) is 19.1 Å². The van der Waals surface area contributed by atoms with Gasteiger partial charge in [-0.05, 0) is 73.5 Å². The molecular weight excluding hydrogens is 610 g/mol. The summed E-state index contributed by atoms with van der Waals surface area (Å²) in [5.74, 6) is -2.89. The molecule has 0 radical (unpaired) electrons. The van der Waals surface area contributed by atoms with Gasteiger partial charge in [0.1, 0.15) is 29.0 Å². The highest BCUT2D eigenvalue weighted by molar-refractivity contribution is 5.42. The number of hydrogen-bond donors (Lipinski definition) is 0. The summed E-state index contributed by atoms with van der Waals surface area (Å²) in [4.78, 5) is 2.38. The van der Waals surface area contributed by atoms with Crippen molar-refractivity contribution in [1.82, 2.24) is 0 Å². The van der Waals surface area contributed by atoms with Crippen LogP contribution in [0.4, 0.5) is 23.2 Å². The maximum absolute atomic E-state index is 13.6. The number of hydrogen-bond acceptors (Lipinski definition) is 1. The Kier molecular flexibility index (Phi) is 198. The third kappa shape index (κ3) is 47.9. The smallest absolute Gasteiger partial charge is 0.136 e. The summed E-state index contributed by atoms with van der Waals surface area (Å²) >= 11 is 0. The van der Waals surface area contributed by atoms with Gasteiger partial charge in [-0.15, -0.1) is 0 Å². The lowest BCUT2D eigenvalue weighted by molar-refractivity contribution is 0.562. The average molecular weight is 712 g/mol. The van der Waals surface area contributed by atoms with E-state index in [0.717, 1.165) is 18.6 Å². The molecule has 0 unspecified atom stereocenters. The van der Waals surface area contributed by atoms with Gasteiger partial charge in [-0.2, -0.15) is 0 Å². The van der Waals surface area contributed by atoms with E-state index in [4.69, 9.17) is 5.53 Å². The SMILES string of the molecule is C.C.C.C.C.C.C.C.C.C.C.C.C.C.C.CC.CC.CC.CC.Cc1c(F)cc(CCCCCc2cc(F)c(N=[N+]=[N-])c(F)c2)cc1F. The molecule has 0 aliphatic heterocycles. The minimum atomic E-state index is -0.890. The van der Waals surface area contributed by atoms with Crippen molar-refractivity contribution in [3.05, 3.63) is 74.7 Å². The first-order valence-electron chi connectivity index (χ1n) is 11.9. The second-order valence-corrected chi connectivity index (χ2v) is 5.84. The van der Waals surface area contributed by atoms with E-state index in [0.29, 0.717) is 36.8 Å². The van der Waals surface area contributed by atoms with Gasteiger partial charge < -0.3 is 0 Å². The fraction of sp³-hybridized carbons (Fsp3) is 0.707. The second kappa shape index (κ2) is 79.7. The lowest BCUT2D eigenvalue weighted by Gasteiger charge is -2.06. The van der Waals surface area contributed by atoms with Crippen LogP contribution in [-0.4, -0.2) is 0 Å². The Morgan fingerprint density at radius 2 is 0.688 bits per heavy atom. The van der Waals surface area contributed by atoms with Crippen LogP contribution in [0, 0.1) is 30.2 Å². The summed E-state index contributed by atoms with van der Waals surface area (Å²) < 4.78 is 54.2. The summed E-state index contributed by atoms with van der Waals surface area (Å²) in [6, 6.07) is 4.96. The van der Waals surface area contributed by atoms with E-state index in [2.05, 4.69) is 10.0 Å². The minimum absolute atomic E-state index is 0. The molecule has 0 fully saturated rings. The number of nitrogens with zero attached hydrogens (tertiary/aromatic N) is 3. The van der Waals surface area contributed by atoms with Crippen LogP contribution in [-0.2, 0) is 12.8 Å². The lowest BCUT2D eigenvalue weighted by Crippen LogP contribution is -1.95. The number of halogens is 4. The number of benzene rings is 2. The van der Waals surface area contributed by atoms with Crippen molar-refractivity contribution in [3.8, 4) is 0 Å². The largest absolute Gasteiger partial charge is 0.207 e. The Hall–Kier alpha value is -2.53. The molecule has 0 amide bonds. The molecule has 0 aromatic heterocycles. The zero-order valence-electron chi connectivity index (χ0n) is 21.7. The van der Waals surface area contributed by atoms with Crippen LogP contribution >= 0.6 is 0 Å². The highest BCUT2D eigenvalue weighted by atomic mass is 19.1. The number of rotatable bonds is 7. The monoisotopic (exact) mass is 712 g/mol. The Morgan fingerprint density at radius 1 is 0.458 bits per heavy atom. The van der Waals surface area contributed by atoms with Crippen molar-refractivity contribution in [2.24, 2.45) is 5.11 Å². The summed E-state index contributed by atoms with van der Waals surface area (Å²) in [5, 5.41) is 2.98. The minimum Gasteiger partial charge on any atom is -0.207 e. The van der Waals surface area contributed by atoms with Crippen LogP contribution < -0.4 is 0 Å². The van der Waals surface area contributed by atoms with E-state index in [9.17, 15) is 17.6 Å². The Balaban J connectivity index is -0.0000000228. The standard InChI is InChI=1S/C18H17F4N3.4C2H6.15CH4/c1-11-14(19)7-12(8-15(11)20)5-3-2-4-6-13-9-16(21)18(24-25-23)17(22)10-13;4*1-2;;;;;;;;;;;;;;;/h7-10H,2-6H2,1H3;4*1-2H3;15*1H4. The van der Waals surface area contributed by atoms with Gasteiger partial charge in [-0.1, -0.05) is 178 Å². The average Bonchev–Trinajstić information content (AvgIpc) is 2.84. The molecule has 0 atom stereocenters. The van der Waals surface area contributed by atoms with E-state index in [-0.39, 0.29) is 117 Å². The molecule has 0 aliphatic rings. The number of aryl methyl sites for hydroxylation is 2. The normalized spacial score (nSPS) is 6.02. The van der Waals surface area contributed by atoms with Crippen molar-refractivity contribution in [2.45, 2.75) is 206 Å². The van der Waals surface area contributed by atoms with E-state index in [1.807, 2.05) is 55.4 Å². The van der Waals surface area contributed by atoms with Gasteiger partial charge in [0, 0.05) is 10.5 Å². The first kappa shape index (κ1) is 119. The molecule has 0 heterocycles. The quantitative estimate of drug-likeness (QED) is 0.0902. The van der Waals surface area contributed by atoms with Crippen LogP contribution in [0.3, 0.4) is 0 Å². The molecule has 0 bridgehead atoms. The van der Waals surface area contributed by atoms with Gasteiger partial charge in [0.2, 0.25) is 0 Å². The Labute approximate surface area is 308 Å². The molecule has 2 aromatic carbocycles. The Bertz CT molecular complexity index is 775. The number of azide groups is 1. The predicted octanol–water partition coefficient (Wildman–Crippen LogP) is 20.1. The first-order valence-corrected chi connectivity index (χ1v) is 11.9. The van der Waals surface area contributed by atoms with Gasteiger partial charge in [0.25, 0.3) is 0 Å². The van der Waals surface area contributed by atoms with E-state index in [1.54, 1.807) is 0 Å². The van der Waals surface area contributed by atoms with Gasteiger partial charge in [-0.3, -0.25) is 0 Å². The van der Waals surface area contributed by atoms with Crippen LogP contribution in [0.1, 0.15) is 203 Å². The molecule has 308 valence electrons. The van der Waals surface area contributed by atoms with Gasteiger partial charge in [-0.25, -0.2) is 17.6 Å². The third-order valence-electron chi connectivity index (χ3n) is 3.99. The zero-order valence-corrected chi connectivity index (χ0v) is 21.7. The zero-order chi connectivity index (χ0) is 26.4. The fourth-order valence-corrected chi connectivity index (χ4v) is 2.58. The molecule has 7 heteroatoms. The molecular formula is C41H101F4N3. The maximum Gasteiger partial charge on any atom is 0.136 e. The molecule has 0 saturated heterocycles. The Morgan fingerprint density at radius 3 is 0.917 bits per heavy atom. The van der Waals surface area contributed by atoms with Crippen LogP contribution in [0.15, 0.2) is 29.4 Å². The van der Waals surface area contributed by atoms with Gasteiger partial charge >= 0.3 is 0 Å². The third-order valence-corrected chi connectivity index (χ3v) is 3.99. The molecule has 0 spiro atoms. The van der Waals surface area contributed by atoms with Crippen molar-refractivity contribution >= 4 is 5.69 Å². The van der Waals surface area contributed by atoms with Gasteiger partial charge in [0.15, 0.2) is 0 Å². The van der Waals surface area contributed by atoms with Crippen LogP contribution in [0.2, 0.25) is 0 Å². The molecule has 3 nitrogen and oxygen atoms in total. The lowest BCUT2D eigenvalue weighted by atomic mass is 10.0. The summed E-state index contributed by atoms with van der Waals surface area (Å²) in [6.45, 7) is 17.4. The molecule has 48 heavy (non-hydrogen) atoms. The molecule has 2 aromatic rings. The molecule has 0 N–H and O–H groups in total. The second-order valence-electron chi connectivity index (χ2n) is 5.84. The van der Waals surface area contributed by atoms with Crippen LogP contribution in [0.5, 0.6) is 0 Å². The van der Waals surface area contributed by atoms with Crippen molar-refractivity contribution in [1.29, 1.82) is 0 Å². The van der Waals surface area contributed by atoms with Crippen molar-refractivity contribution in [3.63, 3.8) is 0 Å². The van der Waals surface area contributed by atoms with Crippen LogP contribution in [0.25, 0.3) is 10.4 Å². The predicted molar refractivity (Wildman–Crippen MR) is 234 cm³/mol. The molecule has 0 aliphatic carbocycles. The topological polar surface area (TPSA) is 48.8 Å². The van der Waals surface area contributed by atoms with Crippen molar-refractivity contribution in [2.75, 3.05) is 0 Å². The van der Waals surface area contributed by atoms with E-state index >= 15 is 0 Å². The number of unbranched alkanes of at least 4 members (excludes halogenated alkanes) is 2. The summed E-state index contributed by atoms with van der Waals surface area (Å²) in [6.07, 6.45) is 3.13. The van der Waals surface area contributed by atoms with E-state index < -0.39 is 29.0 Å². The summed E-state index contributed by atoms with van der Waals surface area (Å²) in [7, 11) is 0. The fourth-order valence-electron chi connectivity index (χ4n) is 2.58. The first-order chi connectivity index (χ1) is 15.9. The molecule has 0 saturated carbocycles. The van der Waals surface area contributed by atoms with Crippen molar-refractivity contribution < 1.29 is 17.6 Å².